The van der Waals surface area contributed by atoms with Crippen LogP contribution in [0.5, 0.6) is 0 Å². The minimum Gasteiger partial charge on any atom is -0.504 e. The average molecular weight is 331 g/mol. The molecule has 2 N–H and O–H groups in total. The van der Waals surface area contributed by atoms with Crippen molar-refractivity contribution < 1.29 is 14.3 Å². The van der Waals surface area contributed by atoms with Gasteiger partial charge in [-0.15, -0.1) is 0 Å². The summed E-state index contributed by atoms with van der Waals surface area (Å²) in [6.45, 7) is 0. The first-order valence-electron chi connectivity index (χ1n) is 6.61. The van der Waals surface area contributed by atoms with Crippen LogP contribution in [0.15, 0.2) is 47.4 Å². The smallest absolute Gasteiger partial charge is 0.224 e. The molecule has 0 aromatic carbocycles. The molecule has 0 aliphatic carbocycles. The van der Waals surface area contributed by atoms with Gasteiger partial charge >= 0.3 is 0 Å². The minimum absolute atomic E-state index is 0.0213. The van der Waals surface area contributed by atoms with Crippen LogP contribution in [-0.4, -0.2) is 31.1 Å². The molecule has 0 spiro atoms. The number of rotatable bonds is 5. The van der Waals surface area contributed by atoms with Crippen LogP contribution >= 0.6 is 11.6 Å². The number of aromatic nitrogens is 4. The highest BCUT2D eigenvalue weighted by molar-refractivity contribution is 6.31. The normalized spacial score (nSPS) is 11.6. The summed E-state index contributed by atoms with van der Waals surface area (Å²) in [5.41, 5.74) is 0.953. The van der Waals surface area contributed by atoms with Gasteiger partial charge < -0.3 is 9.52 Å². The fraction of sp³-hybridized carbons (Fsp3) is 0.0667. The molecule has 7 nitrogen and oxygen atoms in total. The van der Waals surface area contributed by atoms with Gasteiger partial charge in [0, 0.05) is 31.0 Å². The molecular weight excluding hydrogens is 320 g/mol. The molecule has 0 radical (unpaired) electrons. The molecule has 0 bridgehead atoms. The first-order chi connectivity index (χ1) is 11.1. The van der Waals surface area contributed by atoms with E-state index in [-0.39, 0.29) is 17.3 Å². The Balaban J connectivity index is 1.80. The number of hydrogen-bond acceptors (Lipinski definition) is 6. The minimum atomic E-state index is -0.532. The Morgan fingerprint density at radius 3 is 2.87 bits per heavy atom. The quantitative estimate of drug-likeness (QED) is 0.423. The van der Waals surface area contributed by atoms with Crippen LogP contribution in [0.1, 0.15) is 27.7 Å². The number of aromatic amines is 1. The lowest BCUT2D eigenvalue weighted by Crippen LogP contribution is -1.96. The highest BCUT2D eigenvalue weighted by Crippen LogP contribution is 2.24. The number of hydrogen-bond donors (Lipinski definition) is 2. The molecule has 3 aromatic rings. The van der Waals surface area contributed by atoms with Crippen molar-refractivity contribution >= 4 is 23.1 Å². The molecule has 23 heavy (non-hydrogen) atoms. The Bertz CT molecular complexity index is 841. The third kappa shape index (κ3) is 3.46. The van der Waals surface area contributed by atoms with Crippen molar-refractivity contribution in [3.05, 3.63) is 70.9 Å². The second-order valence-electron chi connectivity index (χ2n) is 4.63. The van der Waals surface area contributed by atoms with Gasteiger partial charge in [-0.25, -0.2) is 4.98 Å². The topological polar surface area (TPSA) is 105 Å². The lowest BCUT2D eigenvalue weighted by molar-refractivity contribution is 0.101. The molecule has 0 saturated heterocycles. The van der Waals surface area contributed by atoms with E-state index >= 15 is 0 Å². The number of carbonyl (C=O) groups excluding carboxylic acids is 1. The second kappa shape index (κ2) is 6.45. The van der Waals surface area contributed by atoms with E-state index < -0.39 is 5.78 Å². The van der Waals surface area contributed by atoms with E-state index in [1.807, 2.05) is 12.1 Å². The number of nitrogens with zero attached hydrogens (tertiary/aromatic N) is 3. The molecule has 0 saturated carbocycles. The van der Waals surface area contributed by atoms with E-state index in [2.05, 4.69) is 20.2 Å². The average Bonchev–Trinajstić information content (AvgIpc) is 3.19. The van der Waals surface area contributed by atoms with Crippen LogP contribution < -0.4 is 0 Å². The highest BCUT2D eigenvalue weighted by atomic mass is 35.5. The lowest BCUT2D eigenvalue weighted by Gasteiger charge is -1.98. The maximum atomic E-state index is 12.1. The number of H-pyrrole nitrogens is 1. The Hall–Kier alpha value is -2.93. The number of carbonyl (C=O) groups is 1. The van der Waals surface area contributed by atoms with Gasteiger partial charge in [-0.1, -0.05) is 11.6 Å². The first kappa shape index (κ1) is 15.0. The predicted molar refractivity (Wildman–Crippen MR) is 82.1 cm³/mol. The van der Waals surface area contributed by atoms with Crippen LogP contribution in [0.2, 0.25) is 5.02 Å². The molecule has 116 valence electrons. The van der Waals surface area contributed by atoms with Gasteiger partial charge in [0.15, 0.2) is 11.5 Å². The summed E-state index contributed by atoms with van der Waals surface area (Å²) >= 11 is 6.10. The van der Waals surface area contributed by atoms with Crippen molar-refractivity contribution in [3.8, 4) is 0 Å². The molecule has 3 heterocycles. The summed E-state index contributed by atoms with van der Waals surface area (Å²) in [5.74, 6) is -0.379. The third-order valence-corrected chi connectivity index (χ3v) is 3.35. The standard InChI is InChI=1S/C15H11ClN4O3/c16-10-6-14(11(21)7-12(22)15-18-8-19-20-15)23-13(10)5-9-1-3-17-4-2-9/h1-4,6-8,22H,5H2,(H,18,19,20). The van der Waals surface area contributed by atoms with Crippen molar-refractivity contribution in [2.24, 2.45) is 0 Å². The Morgan fingerprint density at radius 1 is 1.39 bits per heavy atom. The van der Waals surface area contributed by atoms with Gasteiger partial charge in [-0.05, 0) is 17.7 Å². The summed E-state index contributed by atoms with van der Waals surface area (Å²) < 4.78 is 5.49. The monoisotopic (exact) mass is 330 g/mol. The zero-order valence-electron chi connectivity index (χ0n) is 11.7. The van der Waals surface area contributed by atoms with Gasteiger partial charge in [-0.2, -0.15) is 5.10 Å². The number of furan rings is 1. The summed E-state index contributed by atoms with van der Waals surface area (Å²) in [6, 6.07) is 5.08. The number of ketones is 1. The maximum Gasteiger partial charge on any atom is 0.224 e. The molecule has 3 rings (SSSR count). The van der Waals surface area contributed by atoms with E-state index in [1.54, 1.807) is 12.4 Å². The highest BCUT2D eigenvalue weighted by Gasteiger charge is 2.16. The molecule has 0 unspecified atom stereocenters. The largest absolute Gasteiger partial charge is 0.504 e. The first-order valence-corrected chi connectivity index (χ1v) is 6.99. The fourth-order valence-corrected chi connectivity index (χ4v) is 2.13. The Kier molecular flexibility index (Phi) is 4.20. The van der Waals surface area contributed by atoms with E-state index in [1.165, 1.54) is 12.4 Å². The fourth-order valence-electron chi connectivity index (χ4n) is 1.93. The van der Waals surface area contributed by atoms with Gasteiger partial charge in [-0.3, -0.25) is 14.9 Å². The number of nitrogens with one attached hydrogen (secondary N) is 1. The molecule has 0 atom stereocenters. The van der Waals surface area contributed by atoms with Crippen LogP contribution in [0.25, 0.3) is 5.76 Å². The molecule has 3 aromatic heterocycles. The van der Waals surface area contributed by atoms with Crippen molar-refractivity contribution in [2.75, 3.05) is 0 Å². The van der Waals surface area contributed by atoms with Gasteiger partial charge in [0.1, 0.15) is 12.1 Å². The van der Waals surface area contributed by atoms with Crippen LogP contribution in [0.3, 0.4) is 0 Å². The van der Waals surface area contributed by atoms with Crippen molar-refractivity contribution in [3.63, 3.8) is 0 Å². The van der Waals surface area contributed by atoms with Crippen molar-refractivity contribution in [1.29, 1.82) is 0 Å². The molecule has 0 amide bonds. The number of aliphatic hydroxyl groups excluding tert-OH is 1. The summed E-state index contributed by atoms with van der Waals surface area (Å²) in [5, 5.41) is 16.2. The third-order valence-electron chi connectivity index (χ3n) is 3.03. The maximum absolute atomic E-state index is 12.1. The van der Waals surface area contributed by atoms with Crippen molar-refractivity contribution in [1.82, 2.24) is 20.2 Å². The Labute approximate surface area is 135 Å². The van der Waals surface area contributed by atoms with Gasteiger partial charge in [0.2, 0.25) is 11.6 Å². The Morgan fingerprint density at radius 2 is 2.17 bits per heavy atom. The lowest BCUT2D eigenvalue weighted by atomic mass is 10.1. The summed E-state index contributed by atoms with van der Waals surface area (Å²) in [4.78, 5) is 19.8. The SMILES string of the molecule is O=C(C=C(O)c1nc[nH]n1)c1cc(Cl)c(Cc2ccncc2)o1. The number of aliphatic hydroxyl groups is 1. The van der Waals surface area contributed by atoms with Gasteiger partial charge in [0.25, 0.3) is 0 Å². The number of pyridine rings is 1. The van der Waals surface area contributed by atoms with Crippen molar-refractivity contribution in [2.45, 2.75) is 6.42 Å². The summed E-state index contributed by atoms with van der Waals surface area (Å²) in [6.07, 6.45) is 6.03. The molecule has 0 aliphatic rings. The summed E-state index contributed by atoms with van der Waals surface area (Å²) in [7, 11) is 0. The van der Waals surface area contributed by atoms with Crippen LogP contribution in [0, 0.1) is 0 Å². The number of halogens is 1. The van der Waals surface area contributed by atoms with E-state index in [0.717, 1.165) is 11.6 Å². The van der Waals surface area contributed by atoms with Gasteiger partial charge in [0.05, 0.1) is 5.02 Å². The van der Waals surface area contributed by atoms with Crippen LogP contribution in [0.4, 0.5) is 0 Å². The van der Waals surface area contributed by atoms with E-state index in [9.17, 15) is 9.90 Å². The van der Waals surface area contributed by atoms with Crippen LogP contribution in [-0.2, 0) is 6.42 Å². The zero-order chi connectivity index (χ0) is 16.2. The molecule has 8 heteroatoms. The van der Waals surface area contributed by atoms with E-state index in [0.29, 0.717) is 17.2 Å². The second-order valence-corrected chi connectivity index (χ2v) is 5.04. The molecule has 0 fully saturated rings. The number of allylic oxidation sites excluding steroid dienone is 1. The van der Waals surface area contributed by atoms with E-state index in [4.69, 9.17) is 16.0 Å². The predicted octanol–water partition coefficient (Wildman–Crippen LogP) is 2.82. The molecule has 0 aliphatic heterocycles. The zero-order valence-corrected chi connectivity index (χ0v) is 12.5. The molecular formula is C15H11ClN4O3.